The Kier molecular flexibility index (Phi) is 19.5. The predicted molar refractivity (Wildman–Crippen MR) is 169 cm³/mol. The summed E-state index contributed by atoms with van der Waals surface area (Å²) in [5.74, 6) is -3.12. The lowest BCUT2D eigenvalue weighted by atomic mass is 10.1. The molecule has 0 aliphatic heterocycles. The lowest BCUT2D eigenvalue weighted by molar-refractivity contribution is -0.385. The molecule has 14 nitrogen and oxygen atoms in total. The van der Waals surface area contributed by atoms with E-state index in [4.69, 9.17) is 34.6 Å². The normalized spacial score (nSPS) is 9.89. The highest BCUT2D eigenvalue weighted by molar-refractivity contribution is 5.89. The number of carbonyl (C=O) groups excluding carboxylic acids is 4. The van der Waals surface area contributed by atoms with Crippen LogP contribution < -0.4 is 5.73 Å². The van der Waals surface area contributed by atoms with Gasteiger partial charge in [0.25, 0.3) is 11.7 Å². The zero-order valence-corrected chi connectivity index (χ0v) is 25.6. The number of nitrogens with two attached hydrogens (primary N) is 1. The molecule has 14 heteroatoms. The molecule has 0 aromatic heterocycles. The maximum absolute atomic E-state index is 11.4. The van der Waals surface area contributed by atoms with Crippen LogP contribution in [-0.4, -0.2) is 66.3 Å². The number of carboxylic acid groups (broad SMARTS) is 1. The number of ether oxygens (including phenoxy) is 4. The Labute approximate surface area is 265 Å². The van der Waals surface area contributed by atoms with Crippen molar-refractivity contribution in [2.75, 3.05) is 32.2 Å². The molecule has 0 radical (unpaired) electrons. The summed E-state index contributed by atoms with van der Waals surface area (Å²) < 4.78 is 19.2. The van der Waals surface area contributed by atoms with Crippen molar-refractivity contribution < 1.29 is 52.9 Å². The molecule has 3 N–H and O–H groups in total. The molecule has 0 atom stereocenters. The van der Waals surface area contributed by atoms with Crippen LogP contribution in [0.5, 0.6) is 0 Å². The fourth-order valence-electron chi connectivity index (χ4n) is 2.67. The molecule has 0 aliphatic carbocycles. The second kappa shape index (κ2) is 22.5. The first kappa shape index (κ1) is 40.0. The van der Waals surface area contributed by atoms with E-state index < -0.39 is 34.8 Å². The number of nitrogens with zero attached hydrogens (tertiary/aromatic N) is 1. The van der Waals surface area contributed by atoms with Crippen LogP contribution in [0.25, 0.3) is 12.2 Å². The van der Waals surface area contributed by atoms with Crippen LogP contribution in [0.2, 0.25) is 0 Å². The Morgan fingerprint density at radius 2 is 1.11 bits per heavy atom. The highest BCUT2D eigenvalue weighted by Crippen LogP contribution is 2.19. The number of para-hydroxylation sites is 2. The average Bonchev–Trinajstić information content (AvgIpc) is 2.99. The average molecular weight is 641 g/mol. The van der Waals surface area contributed by atoms with E-state index >= 15 is 0 Å². The summed E-state index contributed by atoms with van der Waals surface area (Å²) in [4.78, 5) is 64.2. The Morgan fingerprint density at radius 1 is 0.739 bits per heavy atom. The third-order valence-electron chi connectivity index (χ3n) is 4.75. The van der Waals surface area contributed by atoms with Gasteiger partial charge in [-0.1, -0.05) is 43.5 Å². The molecule has 0 fully saturated rings. The summed E-state index contributed by atoms with van der Waals surface area (Å²) in [6, 6.07) is 13.1. The van der Waals surface area contributed by atoms with E-state index in [0.29, 0.717) is 11.3 Å². The van der Waals surface area contributed by atoms with Crippen LogP contribution in [0.3, 0.4) is 0 Å². The minimum atomic E-state index is -0.833. The van der Waals surface area contributed by atoms with E-state index in [2.05, 4.69) is 13.2 Å². The van der Waals surface area contributed by atoms with Crippen LogP contribution in [0, 0.1) is 10.1 Å². The van der Waals surface area contributed by atoms with Crippen molar-refractivity contribution in [3.05, 3.63) is 106 Å². The van der Waals surface area contributed by atoms with Gasteiger partial charge in [-0.3, -0.25) is 14.9 Å². The number of carbonyl (C=O) groups is 5. The van der Waals surface area contributed by atoms with Crippen LogP contribution in [0.4, 0.5) is 11.4 Å². The molecule has 0 heterocycles. The molecule has 2 rings (SSSR count). The van der Waals surface area contributed by atoms with Gasteiger partial charge in [-0.25, -0.2) is 19.2 Å². The van der Waals surface area contributed by atoms with E-state index in [9.17, 15) is 29.3 Å². The first-order chi connectivity index (χ1) is 21.6. The number of hydrogen-bond donors (Lipinski definition) is 2. The first-order valence-corrected chi connectivity index (χ1v) is 13.3. The Balaban J connectivity index is 0.000000791. The second-order valence-corrected chi connectivity index (χ2v) is 8.80. The number of nitro groups is 1. The van der Waals surface area contributed by atoms with Crippen LogP contribution in [0.15, 0.2) is 85.0 Å². The molecule has 0 bridgehead atoms. The van der Waals surface area contributed by atoms with E-state index in [0.717, 1.165) is 18.6 Å². The van der Waals surface area contributed by atoms with Crippen molar-refractivity contribution in [1.82, 2.24) is 0 Å². The van der Waals surface area contributed by atoms with Gasteiger partial charge in [0.15, 0.2) is 0 Å². The number of hydrogen-bond acceptors (Lipinski definition) is 12. The summed E-state index contributed by atoms with van der Waals surface area (Å²) in [6.07, 6.45) is 5.20. The third-order valence-corrected chi connectivity index (χ3v) is 4.75. The van der Waals surface area contributed by atoms with Gasteiger partial charge in [0, 0.05) is 42.0 Å². The highest BCUT2D eigenvalue weighted by atomic mass is 16.6. The van der Waals surface area contributed by atoms with Gasteiger partial charge in [0.2, 0.25) is 0 Å². The lowest BCUT2D eigenvalue weighted by Gasteiger charge is -2.04. The highest BCUT2D eigenvalue weighted by Gasteiger charge is 2.10. The topological polar surface area (TPSA) is 212 Å². The molecular formula is C32H36N2O12. The predicted octanol–water partition coefficient (Wildman–Crippen LogP) is 4.31. The maximum Gasteiger partial charge on any atom is 0.333 e. The maximum atomic E-state index is 11.4. The van der Waals surface area contributed by atoms with Gasteiger partial charge in [0.05, 0.1) is 10.5 Å². The van der Waals surface area contributed by atoms with Gasteiger partial charge in [-0.05, 0) is 43.7 Å². The van der Waals surface area contributed by atoms with Crippen molar-refractivity contribution in [2.45, 2.75) is 20.8 Å². The summed E-state index contributed by atoms with van der Waals surface area (Å²) in [5, 5.41) is 18.2. The lowest BCUT2D eigenvalue weighted by Crippen LogP contribution is -2.13. The van der Waals surface area contributed by atoms with Crippen molar-refractivity contribution in [3.63, 3.8) is 0 Å². The number of aliphatic carboxylic acids is 1. The van der Waals surface area contributed by atoms with Crippen molar-refractivity contribution >= 4 is 53.4 Å². The van der Waals surface area contributed by atoms with Crippen molar-refractivity contribution in [1.29, 1.82) is 0 Å². The fraction of sp³-hybridized carbons (Fsp3) is 0.219. The number of anilines is 1. The summed E-state index contributed by atoms with van der Waals surface area (Å²) in [5.41, 5.74) is 7.77. The van der Waals surface area contributed by atoms with E-state index in [1.807, 2.05) is 6.07 Å². The molecule has 0 aliphatic rings. The molecule has 46 heavy (non-hydrogen) atoms. The Bertz CT molecular complexity index is 1460. The van der Waals surface area contributed by atoms with Crippen molar-refractivity contribution in [3.8, 4) is 0 Å². The van der Waals surface area contributed by atoms with Gasteiger partial charge >= 0.3 is 23.9 Å². The summed E-state index contributed by atoms with van der Waals surface area (Å²) in [7, 11) is 0. The van der Waals surface area contributed by atoms with Gasteiger partial charge in [0.1, 0.15) is 26.4 Å². The number of rotatable bonds is 13. The van der Waals surface area contributed by atoms with Crippen LogP contribution >= 0.6 is 0 Å². The minimum Gasteiger partial charge on any atom is -0.481 e. The molecular weight excluding hydrogens is 604 g/mol. The molecule has 0 amide bonds. The summed E-state index contributed by atoms with van der Waals surface area (Å²) in [6.45, 7) is 10.8. The zero-order valence-electron chi connectivity index (χ0n) is 25.6. The largest absolute Gasteiger partial charge is 0.481 e. The Hall–Kier alpha value is -6.05. The standard InChI is InChI=1S/C15H15NO6.C15H17NO4.C2H4O2/c1-11(2)15(18)22-10-9-21-14(17)8-7-12-5-3-4-6-13(12)16(19)20;1-11(2)15(18)20-10-9-19-14(17)8-7-12-5-3-4-6-13(12)16;1-2(3)4/h3-8H,1,9-10H2,2H3;3-8H,1,9-10,16H2,2H3;1H3,(H,3,4)/b2*8-7+;. The molecule has 2 aromatic rings. The van der Waals surface area contributed by atoms with Crippen LogP contribution in [0.1, 0.15) is 31.9 Å². The SMILES string of the molecule is C=C(C)C(=O)OCCOC(=O)/C=C/c1ccccc1N.C=C(C)C(=O)OCCOC(=O)/C=C/c1ccccc1[N+](=O)[O-].CC(=O)O. The summed E-state index contributed by atoms with van der Waals surface area (Å²) >= 11 is 0. The number of carboxylic acids is 1. The number of esters is 4. The van der Waals surface area contributed by atoms with Crippen molar-refractivity contribution in [2.24, 2.45) is 0 Å². The van der Waals surface area contributed by atoms with E-state index in [1.165, 1.54) is 37.3 Å². The monoisotopic (exact) mass is 640 g/mol. The minimum absolute atomic E-state index is 0.00124. The number of benzene rings is 2. The molecule has 2 aromatic carbocycles. The van der Waals surface area contributed by atoms with Gasteiger partial charge in [-0.2, -0.15) is 0 Å². The van der Waals surface area contributed by atoms with E-state index in [1.54, 1.807) is 37.3 Å². The number of nitrogen functional groups attached to an aromatic ring is 1. The molecule has 246 valence electrons. The van der Waals surface area contributed by atoms with Gasteiger partial charge in [-0.15, -0.1) is 0 Å². The first-order valence-electron chi connectivity index (χ1n) is 13.3. The third kappa shape index (κ3) is 19.2. The molecule has 0 saturated carbocycles. The number of nitro benzene ring substituents is 1. The fourth-order valence-corrected chi connectivity index (χ4v) is 2.67. The Morgan fingerprint density at radius 3 is 1.52 bits per heavy atom. The molecule has 0 saturated heterocycles. The quantitative estimate of drug-likeness (QED) is 0.0595. The van der Waals surface area contributed by atoms with E-state index in [-0.39, 0.29) is 43.3 Å². The molecule has 0 spiro atoms. The molecule has 0 unspecified atom stereocenters. The van der Waals surface area contributed by atoms with Crippen LogP contribution in [-0.2, 0) is 42.9 Å². The second-order valence-electron chi connectivity index (χ2n) is 8.80. The smallest absolute Gasteiger partial charge is 0.333 e. The van der Waals surface area contributed by atoms with Gasteiger partial charge < -0.3 is 29.8 Å². The zero-order chi connectivity index (χ0) is 35.1.